The molecule has 1 unspecified atom stereocenters. The largest absolute Gasteiger partial charge is 0.493 e. The van der Waals surface area contributed by atoms with Crippen molar-refractivity contribution in [1.82, 2.24) is 5.01 Å². The number of carbonyl (C=O) groups is 1. The van der Waals surface area contributed by atoms with E-state index in [2.05, 4.69) is 5.10 Å². The number of furan rings is 1. The standard InChI is InChI=1S/C17H18N2O6/c1-10(20)19-17(25-16(18-19)13-6-5-9-24-13)11-7-8-12(21-2)15(23-4)14(11)22-3/h5-9,17H,1-4H3. The van der Waals surface area contributed by atoms with Crippen LogP contribution >= 0.6 is 0 Å². The average Bonchev–Trinajstić information content (AvgIpc) is 3.29. The molecular formula is C17H18N2O6. The smallest absolute Gasteiger partial charge is 0.277 e. The molecule has 0 N–H and O–H groups in total. The molecule has 0 aliphatic carbocycles. The number of ether oxygens (including phenoxy) is 4. The summed E-state index contributed by atoms with van der Waals surface area (Å²) in [5.41, 5.74) is 0.570. The summed E-state index contributed by atoms with van der Waals surface area (Å²) >= 11 is 0. The topological polar surface area (TPSA) is 82.7 Å². The molecule has 0 spiro atoms. The third-order valence-electron chi connectivity index (χ3n) is 3.70. The van der Waals surface area contributed by atoms with Crippen LogP contribution in [0.15, 0.2) is 40.0 Å². The molecule has 3 rings (SSSR count). The van der Waals surface area contributed by atoms with Crippen molar-refractivity contribution in [3.05, 3.63) is 41.9 Å². The van der Waals surface area contributed by atoms with Gasteiger partial charge in [-0.1, -0.05) is 0 Å². The Bertz CT molecular complexity index is 800. The van der Waals surface area contributed by atoms with E-state index in [0.717, 1.165) is 0 Å². The molecule has 2 heterocycles. The van der Waals surface area contributed by atoms with Gasteiger partial charge in [0.15, 0.2) is 17.3 Å². The van der Waals surface area contributed by atoms with Crippen molar-refractivity contribution in [2.45, 2.75) is 13.2 Å². The van der Waals surface area contributed by atoms with Crippen LogP contribution in [0.1, 0.15) is 24.5 Å². The van der Waals surface area contributed by atoms with E-state index in [0.29, 0.717) is 28.6 Å². The Balaban J connectivity index is 2.05. The fourth-order valence-corrected chi connectivity index (χ4v) is 2.59. The highest BCUT2D eigenvalue weighted by atomic mass is 16.6. The van der Waals surface area contributed by atoms with E-state index in [-0.39, 0.29) is 11.8 Å². The van der Waals surface area contributed by atoms with E-state index >= 15 is 0 Å². The van der Waals surface area contributed by atoms with E-state index in [9.17, 15) is 4.79 Å². The zero-order valence-corrected chi connectivity index (χ0v) is 14.3. The van der Waals surface area contributed by atoms with Gasteiger partial charge in [-0.05, 0) is 24.3 Å². The molecule has 8 nitrogen and oxygen atoms in total. The predicted octanol–water partition coefficient (Wildman–Crippen LogP) is 2.54. The van der Waals surface area contributed by atoms with E-state index in [1.165, 1.54) is 39.5 Å². The maximum absolute atomic E-state index is 12.0. The SMILES string of the molecule is COc1ccc(C2OC(c3ccco3)=NN2C(C)=O)c(OC)c1OC. The molecule has 25 heavy (non-hydrogen) atoms. The van der Waals surface area contributed by atoms with Crippen molar-refractivity contribution in [3.8, 4) is 17.2 Å². The summed E-state index contributed by atoms with van der Waals surface area (Å²) in [4.78, 5) is 12.0. The van der Waals surface area contributed by atoms with Crippen LogP contribution in [-0.2, 0) is 9.53 Å². The quantitative estimate of drug-likeness (QED) is 0.827. The third kappa shape index (κ3) is 2.86. The monoisotopic (exact) mass is 346 g/mol. The summed E-state index contributed by atoms with van der Waals surface area (Å²) in [6.07, 6.45) is 0.691. The lowest BCUT2D eigenvalue weighted by molar-refractivity contribution is -0.135. The first-order chi connectivity index (χ1) is 12.1. The molecule has 1 aromatic carbocycles. The number of hydrogen-bond acceptors (Lipinski definition) is 7. The average molecular weight is 346 g/mol. The Hall–Kier alpha value is -3.16. The van der Waals surface area contributed by atoms with Gasteiger partial charge >= 0.3 is 0 Å². The fraction of sp³-hybridized carbons (Fsp3) is 0.294. The minimum Gasteiger partial charge on any atom is -0.493 e. The van der Waals surface area contributed by atoms with Crippen LogP contribution in [0.25, 0.3) is 0 Å². The van der Waals surface area contributed by atoms with Crippen molar-refractivity contribution in [3.63, 3.8) is 0 Å². The lowest BCUT2D eigenvalue weighted by atomic mass is 10.1. The van der Waals surface area contributed by atoms with E-state index in [1.807, 2.05) is 0 Å². The summed E-state index contributed by atoms with van der Waals surface area (Å²) in [6, 6.07) is 6.86. The lowest BCUT2D eigenvalue weighted by Gasteiger charge is -2.23. The highest BCUT2D eigenvalue weighted by molar-refractivity contribution is 5.94. The molecule has 1 aromatic heterocycles. The third-order valence-corrected chi connectivity index (χ3v) is 3.70. The molecule has 0 saturated carbocycles. The highest BCUT2D eigenvalue weighted by Gasteiger charge is 2.37. The summed E-state index contributed by atoms with van der Waals surface area (Å²) < 4.78 is 27.3. The van der Waals surface area contributed by atoms with Crippen molar-refractivity contribution in [1.29, 1.82) is 0 Å². The van der Waals surface area contributed by atoms with E-state index < -0.39 is 6.23 Å². The molecule has 2 aromatic rings. The maximum Gasteiger partial charge on any atom is 0.277 e. The molecule has 1 amide bonds. The molecule has 132 valence electrons. The van der Waals surface area contributed by atoms with Crippen LogP contribution in [0.4, 0.5) is 0 Å². The van der Waals surface area contributed by atoms with Gasteiger partial charge in [-0.15, -0.1) is 5.10 Å². The number of hydrazone groups is 1. The van der Waals surface area contributed by atoms with Crippen molar-refractivity contribution in [2.75, 3.05) is 21.3 Å². The second-order valence-electron chi connectivity index (χ2n) is 5.14. The van der Waals surface area contributed by atoms with Gasteiger partial charge in [-0.2, -0.15) is 5.01 Å². The van der Waals surface area contributed by atoms with Crippen molar-refractivity contribution in [2.24, 2.45) is 5.10 Å². The number of methoxy groups -OCH3 is 3. The molecule has 0 saturated heterocycles. The highest BCUT2D eigenvalue weighted by Crippen LogP contribution is 2.45. The first-order valence-corrected chi connectivity index (χ1v) is 7.48. The molecule has 0 fully saturated rings. The Kier molecular flexibility index (Phi) is 4.51. The van der Waals surface area contributed by atoms with Gasteiger partial charge in [0.2, 0.25) is 17.9 Å². The minimum absolute atomic E-state index is 0.210. The van der Waals surface area contributed by atoms with Gasteiger partial charge in [0.05, 0.1) is 33.2 Å². The number of benzene rings is 1. The second-order valence-corrected chi connectivity index (χ2v) is 5.14. The lowest BCUT2D eigenvalue weighted by Crippen LogP contribution is -2.25. The Labute approximate surface area is 144 Å². The van der Waals surface area contributed by atoms with Gasteiger partial charge in [-0.25, -0.2) is 0 Å². The zero-order chi connectivity index (χ0) is 18.0. The van der Waals surface area contributed by atoms with Gasteiger partial charge in [-0.3, -0.25) is 4.79 Å². The maximum atomic E-state index is 12.0. The van der Waals surface area contributed by atoms with Gasteiger partial charge < -0.3 is 23.4 Å². The fourth-order valence-electron chi connectivity index (χ4n) is 2.59. The van der Waals surface area contributed by atoms with Gasteiger partial charge in [0.1, 0.15) is 0 Å². The van der Waals surface area contributed by atoms with Crippen LogP contribution < -0.4 is 14.2 Å². The number of amides is 1. The molecular weight excluding hydrogens is 328 g/mol. The number of nitrogens with zero attached hydrogens (tertiary/aromatic N) is 2. The summed E-state index contributed by atoms with van der Waals surface area (Å²) in [6.45, 7) is 1.40. The van der Waals surface area contributed by atoms with Crippen LogP contribution in [0.3, 0.4) is 0 Å². The molecule has 1 aliphatic rings. The summed E-state index contributed by atoms with van der Waals surface area (Å²) in [5.74, 6) is 1.65. The van der Waals surface area contributed by atoms with E-state index in [4.69, 9.17) is 23.4 Å². The first kappa shape index (κ1) is 16.7. The second kappa shape index (κ2) is 6.76. The van der Waals surface area contributed by atoms with Crippen LogP contribution in [0, 0.1) is 0 Å². The molecule has 1 aliphatic heterocycles. The number of rotatable bonds is 5. The summed E-state index contributed by atoms with van der Waals surface area (Å²) in [7, 11) is 4.54. The molecule has 0 radical (unpaired) electrons. The van der Waals surface area contributed by atoms with Crippen LogP contribution in [0.2, 0.25) is 0 Å². The summed E-state index contributed by atoms with van der Waals surface area (Å²) in [5, 5.41) is 5.44. The minimum atomic E-state index is -0.813. The van der Waals surface area contributed by atoms with Crippen LogP contribution in [0.5, 0.6) is 17.2 Å². The van der Waals surface area contributed by atoms with Gasteiger partial charge in [0, 0.05) is 6.92 Å². The van der Waals surface area contributed by atoms with E-state index in [1.54, 1.807) is 24.3 Å². The number of hydrogen-bond donors (Lipinski definition) is 0. The molecule has 0 bridgehead atoms. The zero-order valence-electron chi connectivity index (χ0n) is 14.3. The molecule has 1 atom stereocenters. The normalized spacial score (nSPS) is 16.2. The van der Waals surface area contributed by atoms with Gasteiger partial charge in [0.25, 0.3) is 5.90 Å². The Morgan fingerprint density at radius 1 is 1.12 bits per heavy atom. The molecule has 8 heteroatoms. The van der Waals surface area contributed by atoms with Crippen LogP contribution in [-0.4, -0.2) is 38.1 Å². The number of carbonyl (C=O) groups excluding carboxylic acids is 1. The first-order valence-electron chi connectivity index (χ1n) is 7.48. The van der Waals surface area contributed by atoms with Crippen molar-refractivity contribution >= 4 is 11.8 Å². The van der Waals surface area contributed by atoms with Crippen molar-refractivity contribution < 1.29 is 28.2 Å². The predicted molar refractivity (Wildman–Crippen MR) is 87.7 cm³/mol. The Morgan fingerprint density at radius 3 is 2.44 bits per heavy atom. The Morgan fingerprint density at radius 2 is 1.88 bits per heavy atom.